The fourth-order valence-electron chi connectivity index (χ4n) is 1.46. The molecule has 0 bridgehead atoms. The maximum atomic E-state index is 11.9. The molecule has 0 saturated carbocycles. The molecule has 0 saturated heterocycles. The molecular formula is C12H12N2OS. The van der Waals surface area contributed by atoms with Crippen LogP contribution in [0.1, 0.15) is 16.5 Å². The lowest BCUT2D eigenvalue weighted by Gasteiger charge is -2.09. The molecule has 0 aliphatic rings. The van der Waals surface area contributed by atoms with Gasteiger partial charge in [0.25, 0.3) is 0 Å². The maximum absolute atomic E-state index is 11.9. The molecule has 1 aromatic carbocycles. The van der Waals surface area contributed by atoms with E-state index in [4.69, 9.17) is 5.73 Å². The van der Waals surface area contributed by atoms with Gasteiger partial charge in [0.15, 0.2) is 5.78 Å². The van der Waals surface area contributed by atoms with Crippen LogP contribution in [-0.4, -0.2) is 10.8 Å². The van der Waals surface area contributed by atoms with Gasteiger partial charge in [-0.3, -0.25) is 9.78 Å². The summed E-state index contributed by atoms with van der Waals surface area (Å²) in [6, 6.07) is 8.88. The fraction of sp³-hybridized carbons (Fsp3) is 0.167. The molecule has 82 valence electrons. The second kappa shape index (κ2) is 5.01. The van der Waals surface area contributed by atoms with Gasteiger partial charge in [0, 0.05) is 17.5 Å². The zero-order valence-corrected chi connectivity index (χ0v) is 9.48. The van der Waals surface area contributed by atoms with Crippen LogP contribution < -0.4 is 5.73 Å². The topological polar surface area (TPSA) is 56.0 Å². The van der Waals surface area contributed by atoms with Crippen LogP contribution in [0.25, 0.3) is 0 Å². The van der Waals surface area contributed by atoms with Crippen molar-refractivity contribution in [2.24, 2.45) is 5.73 Å². The van der Waals surface area contributed by atoms with Gasteiger partial charge in [0.05, 0.1) is 11.6 Å². The van der Waals surface area contributed by atoms with Crippen LogP contribution in [-0.2, 0) is 11.2 Å². The van der Waals surface area contributed by atoms with E-state index in [2.05, 4.69) is 4.98 Å². The van der Waals surface area contributed by atoms with E-state index in [1.54, 1.807) is 11.7 Å². The molecule has 1 unspecified atom stereocenters. The van der Waals surface area contributed by atoms with Gasteiger partial charge >= 0.3 is 0 Å². The van der Waals surface area contributed by atoms with Crippen LogP contribution in [0.3, 0.4) is 0 Å². The number of ketones is 1. The fourth-order valence-corrected chi connectivity index (χ4v) is 2.06. The number of aromatic nitrogens is 1. The lowest BCUT2D eigenvalue weighted by molar-refractivity contribution is -0.119. The van der Waals surface area contributed by atoms with Crippen molar-refractivity contribution in [2.75, 3.05) is 0 Å². The molecular weight excluding hydrogens is 220 g/mol. The molecule has 0 radical (unpaired) electrons. The molecule has 2 N–H and O–H groups in total. The average molecular weight is 232 g/mol. The summed E-state index contributed by atoms with van der Waals surface area (Å²) in [7, 11) is 0. The van der Waals surface area contributed by atoms with Gasteiger partial charge < -0.3 is 5.73 Å². The number of nitrogens with two attached hydrogens (primary N) is 1. The van der Waals surface area contributed by atoms with Crippen LogP contribution in [0.5, 0.6) is 0 Å². The van der Waals surface area contributed by atoms with E-state index in [0.29, 0.717) is 6.42 Å². The van der Waals surface area contributed by atoms with E-state index in [-0.39, 0.29) is 5.78 Å². The molecule has 0 fully saturated rings. The Morgan fingerprint density at radius 1 is 1.38 bits per heavy atom. The van der Waals surface area contributed by atoms with E-state index < -0.39 is 6.04 Å². The van der Waals surface area contributed by atoms with Crippen LogP contribution >= 0.6 is 11.3 Å². The Hall–Kier alpha value is -1.52. The highest BCUT2D eigenvalue weighted by atomic mass is 32.1. The van der Waals surface area contributed by atoms with Gasteiger partial charge in [-0.2, -0.15) is 0 Å². The highest BCUT2D eigenvalue weighted by molar-refractivity contribution is 7.09. The first-order chi connectivity index (χ1) is 7.77. The molecule has 0 spiro atoms. The Labute approximate surface area is 97.9 Å². The average Bonchev–Trinajstić information content (AvgIpc) is 2.82. The normalized spacial score (nSPS) is 12.3. The van der Waals surface area contributed by atoms with Crippen molar-refractivity contribution >= 4 is 17.1 Å². The van der Waals surface area contributed by atoms with Crippen molar-refractivity contribution in [3.05, 3.63) is 52.5 Å². The predicted molar refractivity (Wildman–Crippen MR) is 64.2 cm³/mol. The van der Waals surface area contributed by atoms with Gasteiger partial charge in [-0.15, -0.1) is 11.3 Å². The minimum atomic E-state index is -0.539. The maximum Gasteiger partial charge on any atom is 0.159 e. The molecule has 2 aromatic rings. The second-order valence-electron chi connectivity index (χ2n) is 3.50. The summed E-state index contributed by atoms with van der Waals surface area (Å²) in [5, 5.41) is 0. The minimum Gasteiger partial charge on any atom is -0.318 e. The largest absolute Gasteiger partial charge is 0.318 e. The van der Waals surface area contributed by atoms with Gasteiger partial charge in [-0.05, 0) is 5.56 Å². The third-order valence-corrected chi connectivity index (χ3v) is 3.12. The van der Waals surface area contributed by atoms with Gasteiger partial charge in [-0.1, -0.05) is 30.3 Å². The van der Waals surface area contributed by atoms with E-state index in [1.165, 1.54) is 11.3 Å². The number of benzene rings is 1. The SMILES string of the molecule is NC(C(=O)Cc1cncs1)c1ccccc1. The Morgan fingerprint density at radius 2 is 2.12 bits per heavy atom. The van der Waals surface area contributed by atoms with Gasteiger partial charge in [0.1, 0.15) is 0 Å². The molecule has 0 aliphatic carbocycles. The predicted octanol–water partition coefficient (Wildman–Crippen LogP) is 1.95. The van der Waals surface area contributed by atoms with Crippen LogP contribution in [0.2, 0.25) is 0 Å². The number of nitrogens with zero attached hydrogens (tertiary/aromatic N) is 1. The summed E-state index contributed by atoms with van der Waals surface area (Å²) < 4.78 is 0. The lowest BCUT2D eigenvalue weighted by atomic mass is 10.0. The van der Waals surface area contributed by atoms with Gasteiger partial charge in [-0.25, -0.2) is 0 Å². The van der Waals surface area contributed by atoms with E-state index in [1.807, 2.05) is 30.3 Å². The first-order valence-corrected chi connectivity index (χ1v) is 5.86. The lowest BCUT2D eigenvalue weighted by Crippen LogP contribution is -2.22. The molecule has 16 heavy (non-hydrogen) atoms. The molecule has 1 heterocycles. The first kappa shape index (κ1) is 11.0. The van der Waals surface area contributed by atoms with Crippen LogP contribution in [0.15, 0.2) is 42.0 Å². The molecule has 3 nitrogen and oxygen atoms in total. The van der Waals surface area contributed by atoms with Crippen molar-refractivity contribution in [2.45, 2.75) is 12.5 Å². The quantitative estimate of drug-likeness (QED) is 0.876. The molecule has 4 heteroatoms. The number of carbonyl (C=O) groups is 1. The number of hydrogen-bond acceptors (Lipinski definition) is 4. The molecule has 2 rings (SSSR count). The number of carbonyl (C=O) groups excluding carboxylic acids is 1. The Morgan fingerprint density at radius 3 is 2.75 bits per heavy atom. The second-order valence-corrected chi connectivity index (χ2v) is 4.47. The summed E-state index contributed by atoms with van der Waals surface area (Å²) in [4.78, 5) is 16.8. The van der Waals surface area contributed by atoms with Crippen molar-refractivity contribution in [3.8, 4) is 0 Å². The number of thiazole rings is 1. The third kappa shape index (κ3) is 2.53. The third-order valence-electron chi connectivity index (χ3n) is 2.34. The van der Waals surface area contributed by atoms with Crippen LogP contribution in [0.4, 0.5) is 0 Å². The van der Waals surface area contributed by atoms with Crippen molar-refractivity contribution < 1.29 is 4.79 Å². The van der Waals surface area contributed by atoms with E-state index in [9.17, 15) is 4.79 Å². The Kier molecular flexibility index (Phi) is 3.44. The standard InChI is InChI=1S/C12H12N2OS/c13-12(9-4-2-1-3-5-9)11(15)6-10-7-14-8-16-10/h1-5,7-8,12H,6,13H2. The van der Waals surface area contributed by atoms with Crippen LogP contribution in [0, 0.1) is 0 Å². The first-order valence-electron chi connectivity index (χ1n) is 4.98. The van der Waals surface area contributed by atoms with E-state index >= 15 is 0 Å². The molecule has 1 atom stereocenters. The van der Waals surface area contributed by atoms with Crippen molar-refractivity contribution in [1.29, 1.82) is 0 Å². The smallest absolute Gasteiger partial charge is 0.159 e. The number of Topliss-reactive ketones (excluding diaryl/α,β-unsaturated/α-hetero) is 1. The summed E-state index contributed by atoms with van der Waals surface area (Å²) >= 11 is 1.48. The Bertz CT molecular complexity index is 453. The highest BCUT2D eigenvalue weighted by Crippen LogP contribution is 2.15. The van der Waals surface area contributed by atoms with Crippen molar-refractivity contribution in [1.82, 2.24) is 4.98 Å². The zero-order valence-electron chi connectivity index (χ0n) is 8.67. The summed E-state index contributed by atoms with van der Waals surface area (Å²) in [5.74, 6) is 0.0236. The summed E-state index contributed by atoms with van der Waals surface area (Å²) in [5.41, 5.74) is 8.47. The summed E-state index contributed by atoms with van der Waals surface area (Å²) in [6.45, 7) is 0. The van der Waals surface area contributed by atoms with Crippen molar-refractivity contribution in [3.63, 3.8) is 0 Å². The molecule has 1 aromatic heterocycles. The molecule has 0 aliphatic heterocycles. The highest BCUT2D eigenvalue weighted by Gasteiger charge is 2.16. The molecule has 0 amide bonds. The zero-order chi connectivity index (χ0) is 11.4. The monoisotopic (exact) mass is 232 g/mol. The Balaban J connectivity index is 2.05. The number of rotatable bonds is 4. The number of hydrogen-bond donors (Lipinski definition) is 1. The minimum absolute atomic E-state index is 0.0236. The van der Waals surface area contributed by atoms with E-state index in [0.717, 1.165) is 10.4 Å². The summed E-state index contributed by atoms with van der Waals surface area (Å²) in [6.07, 6.45) is 2.07. The van der Waals surface area contributed by atoms with Gasteiger partial charge in [0.2, 0.25) is 0 Å².